The van der Waals surface area contributed by atoms with Crippen LogP contribution in [0.1, 0.15) is 22.3 Å². The van der Waals surface area contributed by atoms with Gasteiger partial charge in [0, 0.05) is 22.2 Å². The average molecular weight is 494 g/mol. The number of carbonyl (C=O) groups is 1. The summed E-state index contributed by atoms with van der Waals surface area (Å²) in [5, 5.41) is 15.0. The standard InChI is InChI=1S/C25H20ClN3O4S/c1-15-10-20(13-21(16(15)2)29(31)32)27-25-28-24(30)23(34-25)12-18-7-3-4-9-22(18)33-14-17-6-5-8-19(26)11-17/h3-13H,14H2,1-2H3,(H,27,28,30)/b23-12-. The molecule has 1 amide bonds. The third-order valence-corrected chi connectivity index (χ3v) is 6.34. The maximum atomic E-state index is 12.6. The molecule has 1 fully saturated rings. The maximum absolute atomic E-state index is 12.6. The van der Waals surface area contributed by atoms with Gasteiger partial charge in [-0.15, -0.1) is 0 Å². The molecule has 0 spiro atoms. The van der Waals surface area contributed by atoms with Crippen molar-refractivity contribution in [1.82, 2.24) is 5.32 Å². The number of carbonyl (C=O) groups excluding carboxylic acids is 1. The molecule has 9 heteroatoms. The molecule has 3 aromatic rings. The molecule has 0 saturated carbocycles. The van der Waals surface area contributed by atoms with Crippen LogP contribution in [0.15, 0.2) is 70.6 Å². The molecule has 3 aromatic carbocycles. The van der Waals surface area contributed by atoms with E-state index in [-0.39, 0.29) is 11.6 Å². The van der Waals surface area contributed by atoms with Crippen LogP contribution >= 0.6 is 23.4 Å². The Bertz CT molecular complexity index is 1350. The van der Waals surface area contributed by atoms with Crippen molar-refractivity contribution in [3.8, 4) is 5.75 Å². The van der Waals surface area contributed by atoms with E-state index in [0.717, 1.165) is 16.7 Å². The quantitative estimate of drug-likeness (QED) is 0.246. The number of nitrogens with one attached hydrogen (secondary N) is 1. The second kappa shape index (κ2) is 10.1. The largest absolute Gasteiger partial charge is 0.488 e. The molecule has 1 aliphatic rings. The van der Waals surface area contributed by atoms with Gasteiger partial charge in [0.05, 0.1) is 15.5 Å². The van der Waals surface area contributed by atoms with Crippen molar-refractivity contribution in [3.05, 3.63) is 103 Å². The SMILES string of the molecule is Cc1cc(N=C2NC(=O)/C(=C/c3ccccc3OCc3cccc(Cl)c3)S2)cc([N+](=O)[O-])c1C. The highest BCUT2D eigenvalue weighted by atomic mass is 35.5. The molecule has 7 nitrogen and oxygen atoms in total. The van der Waals surface area contributed by atoms with Crippen molar-refractivity contribution in [2.24, 2.45) is 4.99 Å². The lowest BCUT2D eigenvalue weighted by molar-refractivity contribution is -0.385. The predicted octanol–water partition coefficient (Wildman–Crippen LogP) is 6.34. The highest BCUT2D eigenvalue weighted by Crippen LogP contribution is 2.33. The zero-order valence-electron chi connectivity index (χ0n) is 18.4. The summed E-state index contributed by atoms with van der Waals surface area (Å²) in [6.45, 7) is 3.82. The third kappa shape index (κ3) is 5.47. The molecule has 0 atom stereocenters. The molecule has 4 rings (SSSR count). The Labute approximate surface area is 205 Å². The minimum absolute atomic E-state index is 0.00443. The van der Waals surface area contributed by atoms with Crippen LogP contribution < -0.4 is 10.1 Å². The Kier molecular flexibility index (Phi) is 7.00. The average Bonchev–Trinajstić information content (AvgIpc) is 3.13. The van der Waals surface area contributed by atoms with Gasteiger partial charge in [0.15, 0.2) is 5.17 Å². The number of rotatable bonds is 6. The van der Waals surface area contributed by atoms with Gasteiger partial charge in [-0.1, -0.05) is 41.9 Å². The number of hydrogen-bond acceptors (Lipinski definition) is 6. The number of nitrogens with zero attached hydrogens (tertiary/aromatic N) is 2. The first-order valence-electron chi connectivity index (χ1n) is 10.3. The molecule has 0 radical (unpaired) electrons. The number of amidine groups is 1. The van der Waals surface area contributed by atoms with Gasteiger partial charge in [0.1, 0.15) is 12.4 Å². The molecular weight excluding hydrogens is 474 g/mol. The Hall–Kier alpha value is -3.62. The van der Waals surface area contributed by atoms with Gasteiger partial charge >= 0.3 is 0 Å². The van der Waals surface area contributed by atoms with Gasteiger partial charge in [-0.3, -0.25) is 14.9 Å². The summed E-state index contributed by atoms with van der Waals surface area (Å²) in [5.74, 6) is 0.324. The van der Waals surface area contributed by atoms with Crippen LogP contribution in [0, 0.1) is 24.0 Å². The number of halogens is 1. The number of thioether (sulfide) groups is 1. The lowest BCUT2D eigenvalue weighted by atomic mass is 10.1. The minimum Gasteiger partial charge on any atom is -0.488 e. The monoisotopic (exact) mass is 493 g/mol. The number of nitro benzene ring substituents is 1. The number of hydrogen-bond donors (Lipinski definition) is 1. The van der Waals surface area contributed by atoms with Crippen molar-refractivity contribution in [2.75, 3.05) is 0 Å². The summed E-state index contributed by atoms with van der Waals surface area (Å²) in [6.07, 6.45) is 1.73. The Morgan fingerprint density at radius 1 is 1.15 bits per heavy atom. The van der Waals surface area contributed by atoms with E-state index in [1.165, 1.54) is 17.8 Å². The van der Waals surface area contributed by atoms with Crippen molar-refractivity contribution >= 4 is 51.9 Å². The van der Waals surface area contributed by atoms with Gasteiger partial charge in [0.25, 0.3) is 11.6 Å². The predicted molar refractivity (Wildman–Crippen MR) is 136 cm³/mol. The smallest absolute Gasteiger partial charge is 0.274 e. The number of ether oxygens (including phenoxy) is 1. The summed E-state index contributed by atoms with van der Waals surface area (Å²) in [6, 6.07) is 18.0. The van der Waals surface area contributed by atoms with Crippen molar-refractivity contribution in [2.45, 2.75) is 20.5 Å². The number of aryl methyl sites for hydroxylation is 1. The lowest BCUT2D eigenvalue weighted by Gasteiger charge is -2.10. The van der Waals surface area contributed by atoms with Crippen molar-refractivity contribution in [1.29, 1.82) is 0 Å². The highest BCUT2D eigenvalue weighted by molar-refractivity contribution is 8.18. The van der Waals surface area contributed by atoms with E-state index in [4.69, 9.17) is 16.3 Å². The van der Waals surface area contributed by atoms with Gasteiger partial charge < -0.3 is 10.1 Å². The normalized spacial score (nSPS) is 15.6. The molecule has 34 heavy (non-hydrogen) atoms. The lowest BCUT2D eigenvalue weighted by Crippen LogP contribution is -2.19. The molecule has 0 aliphatic carbocycles. The molecule has 172 valence electrons. The Morgan fingerprint density at radius 3 is 2.71 bits per heavy atom. The van der Waals surface area contributed by atoms with Gasteiger partial charge in [-0.05, 0) is 67.1 Å². The molecular formula is C25H20ClN3O4S. The first-order valence-corrected chi connectivity index (χ1v) is 11.5. The van der Waals surface area contributed by atoms with E-state index < -0.39 is 4.92 Å². The van der Waals surface area contributed by atoms with E-state index in [9.17, 15) is 14.9 Å². The van der Waals surface area contributed by atoms with Crippen LogP contribution in [-0.2, 0) is 11.4 Å². The Morgan fingerprint density at radius 2 is 1.94 bits per heavy atom. The van der Waals surface area contributed by atoms with E-state index in [0.29, 0.717) is 38.7 Å². The summed E-state index contributed by atoms with van der Waals surface area (Å²) in [5.41, 5.74) is 3.42. The van der Waals surface area contributed by atoms with Crippen molar-refractivity contribution in [3.63, 3.8) is 0 Å². The number of aliphatic imine (C=N–C) groups is 1. The van der Waals surface area contributed by atoms with Crippen LogP contribution in [0.25, 0.3) is 6.08 Å². The van der Waals surface area contributed by atoms with Crippen LogP contribution in [0.3, 0.4) is 0 Å². The first kappa shape index (κ1) is 23.5. The van der Waals surface area contributed by atoms with E-state index in [2.05, 4.69) is 10.3 Å². The molecule has 1 N–H and O–H groups in total. The minimum atomic E-state index is -0.432. The highest BCUT2D eigenvalue weighted by Gasteiger charge is 2.25. The van der Waals surface area contributed by atoms with E-state index >= 15 is 0 Å². The van der Waals surface area contributed by atoms with Gasteiger partial charge in [-0.2, -0.15) is 0 Å². The maximum Gasteiger partial charge on any atom is 0.274 e. The fraction of sp³-hybridized carbons (Fsp3) is 0.120. The fourth-order valence-corrected chi connectivity index (χ4v) is 4.38. The fourth-order valence-electron chi connectivity index (χ4n) is 3.33. The van der Waals surface area contributed by atoms with Gasteiger partial charge in [-0.25, -0.2) is 4.99 Å². The number of para-hydroxylation sites is 1. The Balaban J connectivity index is 1.55. The first-order chi connectivity index (χ1) is 16.3. The number of nitro groups is 1. The molecule has 1 heterocycles. The summed E-state index contributed by atoms with van der Waals surface area (Å²) in [7, 11) is 0. The van der Waals surface area contributed by atoms with Crippen LogP contribution in [0.4, 0.5) is 11.4 Å². The second-order valence-corrected chi connectivity index (χ2v) is 9.07. The van der Waals surface area contributed by atoms with E-state index in [1.54, 1.807) is 32.1 Å². The third-order valence-electron chi connectivity index (χ3n) is 5.19. The van der Waals surface area contributed by atoms with Crippen LogP contribution in [0.2, 0.25) is 5.02 Å². The van der Waals surface area contributed by atoms with Crippen molar-refractivity contribution < 1.29 is 14.5 Å². The topological polar surface area (TPSA) is 93.8 Å². The molecule has 1 aliphatic heterocycles. The second-order valence-electron chi connectivity index (χ2n) is 7.60. The molecule has 0 aromatic heterocycles. The van der Waals surface area contributed by atoms with E-state index in [1.807, 2.05) is 42.5 Å². The summed E-state index contributed by atoms with van der Waals surface area (Å²) >= 11 is 7.21. The molecule has 1 saturated heterocycles. The molecule has 0 unspecified atom stereocenters. The van der Waals surface area contributed by atoms with Crippen LogP contribution in [0.5, 0.6) is 5.75 Å². The molecule has 0 bridgehead atoms. The van der Waals surface area contributed by atoms with Crippen LogP contribution in [-0.4, -0.2) is 16.0 Å². The zero-order valence-corrected chi connectivity index (χ0v) is 19.9. The number of amides is 1. The summed E-state index contributed by atoms with van der Waals surface area (Å²) < 4.78 is 5.97. The number of benzene rings is 3. The summed E-state index contributed by atoms with van der Waals surface area (Å²) in [4.78, 5) is 28.3. The zero-order chi connectivity index (χ0) is 24.2. The van der Waals surface area contributed by atoms with Gasteiger partial charge in [0.2, 0.25) is 0 Å².